The number of benzene rings is 1. The number of carbonyl (C=O) groups excluding carboxylic acids is 1. The van der Waals surface area contributed by atoms with Crippen molar-refractivity contribution >= 4 is 5.97 Å². The number of hydrogen-bond donors (Lipinski definition) is 2. The Morgan fingerprint density at radius 3 is 2.77 bits per heavy atom. The smallest absolute Gasteiger partial charge is 0.341 e. The van der Waals surface area contributed by atoms with Crippen LogP contribution in [0.2, 0.25) is 0 Å². The van der Waals surface area contributed by atoms with Crippen LogP contribution < -0.4 is 5.32 Å². The molecular weight excluding hydrogens is 282 g/mol. The van der Waals surface area contributed by atoms with Crippen molar-refractivity contribution in [2.24, 2.45) is 0 Å². The molecule has 5 heteroatoms. The number of rotatable bonds is 6. The number of aryl methyl sites for hydroxylation is 2. The highest BCUT2D eigenvalue weighted by atomic mass is 16.5. The van der Waals surface area contributed by atoms with E-state index in [4.69, 9.17) is 4.42 Å². The molecule has 118 valence electrons. The highest BCUT2D eigenvalue weighted by Gasteiger charge is 2.15. The van der Waals surface area contributed by atoms with Crippen LogP contribution in [0.3, 0.4) is 0 Å². The predicted octanol–water partition coefficient (Wildman–Crippen LogP) is 2.51. The molecule has 0 fully saturated rings. The maximum atomic E-state index is 11.5. The van der Waals surface area contributed by atoms with E-state index in [-0.39, 0.29) is 0 Å². The van der Waals surface area contributed by atoms with Crippen LogP contribution in [0.15, 0.2) is 34.7 Å². The number of aliphatic hydroxyl groups excluding tert-OH is 1. The van der Waals surface area contributed by atoms with E-state index in [1.807, 2.05) is 31.2 Å². The number of carbonyl (C=O) groups is 1. The van der Waals surface area contributed by atoms with Gasteiger partial charge in [-0.1, -0.05) is 24.3 Å². The topological polar surface area (TPSA) is 71.7 Å². The van der Waals surface area contributed by atoms with Crippen LogP contribution in [0, 0.1) is 13.8 Å². The lowest BCUT2D eigenvalue weighted by atomic mass is 10.0. The maximum Gasteiger partial charge on any atom is 0.341 e. The summed E-state index contributed by atoms with van der Waals surface area (Å²) in [5.74, 6) is 0.755. The third-order valence-corrected chi connectivity index (χ3v) is 3.56. The maximum absolute atomic E-state index is 11.5. The molecule has 2 N–H and O–H groups in total. The van der Waals surface area contributed by atoms with Gasteiger partial charge in [-0.15, -0.1) is 0 Å². The van der Waals surface area contributed by atoms with Crippen LogP contribution >= 0.6 is 0 Å². The largest absolute Gasteiger partial charge is 0.465 e. The summed E-state index contributed by atoms with van der Waals surface area (Å²) in [4.78, 5) is 11.5. The fourth-order valence-corrected chi connectivity index (χ4v) is 2.35. The van der Waals surface area contributed by atoms with E-state index in [9.17, 15) is 9.90 Å². The molecule has 0 spiro atoms. The van der Waals surface area contributed by atoms with E-state index in [1.165, 1.54) is 7.11 Å². The molecule has 0 amide bonds. The van der Waals surface area contributed by atoms with Crippen molar-refractivity contribution in [1.29, 1.82) is 0 Å². The van der Waals surface area contributed by atoms with Crippen molar-refractivity contribution in [1.82, 2.24) is 5.32 Å². The Labute approximate surface area is 129 Å². The van der Waals surface area contributed by atoms with Gasteiger partial charge in [0.2, 0.25) is 0 Å². The molecule has 2 rings (SSSR count). The zero-order valence-electron chi connectivity index (χ0n) is 13.1. The second-order valence-corrected chi connectivity index (χ2v) is 5.18. The summed E-state index contributed by atoms with van der Waals surface area (Å²) in [6.45, 7) is 4.52. The van der Waals surface area contributed by atoms with Gasteiger partial charge in [0, 0.05) is 6.54 Å². The monoisotopic (exact) mass is 303 g/mol. The van der Waals surface area contributed by atoms with Crippen molar-refractivity contribution in [3.05, 3.63) is 58.5 Å². The molecule has 2 aromatic rings. The van der Waals surface area contributed by atoms with Crippen LogP contribution in [0.4, 0.5) is 0 Å². The number of aliphatic hydroxyl groups is 1. The Morgan fingerprint density at radius 1 is 1.36 bits per heavy atom. The number of ether oxygens (including phenoxy) is 1. The molecule has 5 nitrogen and oxygen atoms in total. The minimum Gasteiger partial charge on any atom is -0.465 e. The second-order valence-electron chi connectivity index (χ2n) is 5.18. The van der Waals surface area contributed by atoms with Crippen LogP contribution in [-0.2, 0) is 11.3 Å². The van der Waals surface area contributed by atoms with E-state index >= 15 is 0 Å². The average molecular weight is 303 g/mol. The molecule has 22 heavy (non-hydrogen) atoms. The second kappa shape index (κ2) is 7.24. The third-order valence-electron chi connectivity index (χ3n) is 3.56. The minimum atomic E-state index is -0.586. The van der Waals surface area contributed by atoms with Gasteiger partial charge in [0.05, 0.1) is 19.8 Å². The molecule has 0 bridgehead atoms. The summed E-state index contributed by atoms with van der Waals surface area (Å²) in [5.41, 5.74) is 2.39. The summed E-state index contributed by atoms with van der Waals surface area (Å²) in [6, 6.07) is 9.39. The van der Waals surface area contributed by atoms with E-state index < -0.39 is 12.1 Å². The molecule has 1 aromatic carbocycles. The first-order chi connectivity index (χ1) is 10.5. The summed E-state index contributed by atoms with van der Waals surface area (Å²) >= 11 is 0. The van der Waals surface area contributed by atoms with Gasteiger partial charge in [-0.2, -0.15) is 0 Å². The fourth-order valence-electron chi connectivity index (χ4n) is 2.35. The number of methoxy groups -OCH3 is 1. The Balaban J connectivity index is 1.91. The highest BCUT2D eigenvalue weighted by molar-refractivity contribution is 5.90. The number of esters is 1. The lowest BCUT2D eigenvalue weighted by Crippen LogP contribution is -2.21. The van der Waals surface area contributed by atoms with Gasteiger partial charge in [-0.05, 0) is 31.0 Å². The van der Waals surface area contributed by atoms with E-state index in [0.717, 1.165) is 11.1 Å². The van der Waals surface area contributed by atoms with Gasteiger partial charge in [0.15, 0.2) is 0 Å². The third kappa shape index (κ3) is 3.75. The van der Waals surface area contributed by atoms with Gasteiger partial charge < -0.3 is 19.6 Å². The normalized spacial score (nSPS) is 12.2. The SMILES string of the molecule is COC(=O)c1cc(CNCC(O)c2ccccc2C)oc1C. The van der Waals surface area contributed by atoms with E-state index in [1.54, 1.807) is 13.0 Å². The first-order valence-corrected chi connectivity index (χ1v) is 7.15. The Kier molecular flexibility index (Phi) is 5.35. The predicted molar refractivity (Wildman–Crippen MR) is 82.6 cm³/mol. The van der Waals surface area contributed by atoms with E-state index in [0.29, 0.717) is 30.2 Å². The Bertz CT molecular complexity index is 648. The molecule has 1 heterocycles. The van der Waals surface area contributed by atoms with Crippen molar-refractivity contribution in [3.63, 3.8) is 0 Å². The average Bonchev–Trinajstić information content (AvgIpc) is 2.87. The first-order valence-electron chi connectivity index (χ1n) is 7.15. The van der Waals surface area contributed by atoms with Crippen LogP contribution in [-0.4, -0.2) is 24.7 Å². The molecule has 0 aliphatic heterocycles. The molecule has 1 atom stereocenters. The number of nitrogens with one attached hydrogen (secondary N) is 1. The minimum absolute atomic E-state index is 0.401. The van der Waals surface area contributed by atoms with Gasteiger partial charge in [-0.3, -0.25) is 0 Å². The van der Waals surface area contributed by atoms with Gasteiger partial charge in [0.25, 0.3) is 0 Å². The Morgan fingerprint density at radius 2 is 2.09 bits per heavy atom. The molecule has 0 aliphatic carbocycles. The van der Waals surface area contributed by atoms with E-state index in [2.05, 4.69) is 10.1 Å². The van der Waals surface area contributed by atoms with Crippen molar-refractivity contribution in [2.45, 2.75) is 26.5 Å². The number of hydrogen-bond acceptors (Lipinski definition) is 5. The fraction of sp³-hybridized carbons (Fsp3) is 0.353. The summed E-state index contributed by atoms with van der Waals surface area (Å²) < 4.78 is 10.2. The van der Waals surface area contributed by atoms with Gasteiger partial charge in [0.1, 0.15) is 17.1 Å². The quantitative estimate of drug-likeness (QED) is 0.802. The Hall–Kier alpha value is -2.11. The first kappa shape index (κ1) is 16.3. The summed E-state index contributed by atoms with van der Waals surface area (Å²) in [5, 5.41) is 13.3. The molecule has 0 radical (unpaired) electrons. The van der Waals surface area contributed by atoms with Crippen LogP contribution in [0.5, 0.6) is 0 Å². The van der Waals surface area contributed by atoms with Crippen LogP contribution in [0.1, 0.15) is 39.1 Å². The standard InChI is InChI=1S/C17H21NO4/c1-11-6-4-5-7-14(11)16(19)10-18-9-13-8-15(12(2)22-13)17(20)21-3/h4-8,16,18-19H,9-10H2,1-3H3. The molecule has 0 aliphatic rings. The summed E-state index contributed by atoms with van der Waals surface area (Å²) in [7, 11) is 1.34. The molecule has 1 unspecified atom stereocenters. The lowest BCUT2D eigenvalue weighted by Gasteiger charge is -2.13. The van der Waals surface area contributed by atoms with Gasteiger partial charge in [-0.25, -0.2) is 4.79 Å². The van der Waals surface area contributed by atoms with Crippen molar-refractivity contribution < 1.29 is 19.1 Å². The van der Waals surface area contributed by atoms with Gasteiger partial charge >= 0.3 is 5.97 Å². The van der Waals surface area contributed by atoms with Crippen LogP contribution in [0.25, 0.3) is 0 Å². The molecule has 0 saturated heterocycles. The molecule has 1 aromatic heterocycles. The lowest BCUT2D eigenvalue weighted by molar-refractivity contribution is 0.0599. The summed E-state index contributed by atoms with van der Waals surface area (Å²) in [6.07, 6.45) is -0.586. The van der Waals surface area contributed by atoms with Crippen molar-refractivity contribution in [2.75, 3.05) is 13.7 Å². The molecule has 0 saturated carbocycles. The van der Waals surface area contributed by atoms with Crippen molar-refractivity contribution in [3.8, 4) is 0 Å². The molecular formula is C17H21NO4. The number of furan rings is 1. The zero-order valence-corrected chi connectivity index (χ0v) is 13.1. The highest BCUT2D eigenvalue weighted by Crippen LogP contribution is 2.18. The zero-order chi connectivity index (χ0) is 16.1.